The fraction of sp³-hybridized carbons (Fsp3) is 0.500. The molecule has 1 heterocycles. The van der Waals surface area contributed by atoms with E-state index in [0.717, 1.165) is 31.7 Å². The van der Waals surface area contributed by atoms with Crippen molar-refractivity contribution in [3.8, 4) is 0 Å². The van der Waals surface area contributed by atoms with Crippen LogP contribution in [-0.4, -0.2) is 39.5 Å². The van der Waals surface area contributed by atoms with E-state index in [1.54, 1.807) is 0 Å². The molecule has 0 saturated carbocycles. The Labute approximate surface area is 133 Å². The van der Waals surface area contributed by atoms with E-state index in [-0.39, 0.29) is 6.61 Å². The topological polar surface area (TPSA) is 41.3 Å². The Morgan fingerprint density at radius 1 is 1.18 bits per heavy atom. The lowest BCUT2D eigenvalue weighted by Crippen LogP contribution is -2.26. The second-order valence-electron chi connectivity index (χ2n) is 5.70. The number of aliphatic hydroxyl groups excluding tert-OH is 1. The number of aryl methyl sites for hydroxylation is 1. The Morgan fingerprint density at radius 2 is 1.91 bits per heavy atom. The summed E-state index contributed by atoms with van der Waals surface area (Å²) in [6.07, 6.45) is 1.07. The first-order valence-corrected chi connectivity index (χ1v) is 8.05. The van der Waals surface area contributed by atoms with Crippen LogP contribution < -0.4 is 0 Å². The summed E-state index contributed by atoms with van der Waals surface area (Å²) in [5.41, 5.74) is 4.92. The molecule has 0 amide bonds. The van der Waals surface area contributed by atoms with Gasteiger partial charge in [-0.2, -0.15) is 5.10 Å². The van der Waals surface area contributed by atoms with E-state index in [1.165, 1.54) is 16.8 Å². The molecule has 0 spiro atoms. The molecule has 120 valence electrons. The summed E-state index contributed by atoms with van der Waals surface area (Å²) in [6.45, 7) is 10.1. The number of benzene rings is 1. The minimum absolute atomic E-state index is 0.132. The van der Waals surface area contributed by atoms with Crippen LogP contribution in [-0.2, 0) is 19.5 Å². The Balaban J connectivity index is 2.01. The highest BCUT2D eigenvalue weighted by Gasteiger charge is 2.14. The largest absolute Gasteiger partial charge is 0.394 e. The maximum atomic E-state index is 9.11. The molecular formula is C18H27N3O. The second kappa shape index (κ2) is 8.11. The van der Waals surface area contributed by atoms with Crippen LogP contribution in [0.3, 0.4) is 0 Å². The highest BCUT2D eigenvalue weighted by atomic mass is 16.3. The summed E-state index contributed by atoms with van der Waals surface area (Å²) in [4.78, 5) is 2.45. The molecule has 1 N–H and O–H groups in total. The fourth-order valence-corrected chi connectivity index (χ4v) is 2.78. The molecule has 4 heteroatoms. The van der Waals surface area contributed by atoms with Crippen LogP contribution in [0, 0.1) is 13.8 Å². The zero-order chi connectivity index (χ0) is 15.9. The van der Waals surface area contributed by atoms with Gasteiger partial charge in [0.2, 0.25) is 0 Å². The van der Waals surface area contributed by atoms with E-state index in [1.807, 2.05) is 4.68 Å². The number of aliphatic hydroxyl groups is 1. The van der Waals surface area contributed by atoms with E-state index in [0.29, 0.717) is 6.54 Å². The summed E-state index contributed by atoms with van der Waals surface area (Å²) >= 11 is 0. The number of hydrogen-bond acceptors (Lipinski definition) is 3. The van der Waals surface area contributed by atoms with Gasteiger partial charge in [0.1, 0.15) is 0 Å². The van der Waals surface area contributed by atoms with Crippen LogP contribution in [0.1, 0.15) is 29.4 Å². The Morgan fingerprint density at radius 3 is 2.55 bits per heavy atom. The zero-order valence-electron chi connectivity index (χ0n) is 13.9. The first-order chi connectivity index (χ1) is 10.7. The van der Waals surface area contributed by atoms with Crippen molar-refractivity contribution in [1.29, 1.82) is 0 Å². The normalized spacial score (nSPS) is 11.3. The molecule has 0 aliphatic rings. The summed E-state index contributed by atoms with van der Waals surface area (Å²) in [5, 5.41) is 13.6. The van der Waals surface area contributed by atoms with Crippen molar-refractivity contribution in [3.63, 3.8) is 0 Å². The van der Waals surface area contributed by atoms with Gasteiger partial charge in [-0.3, -0.25) is 9.58 Å². The van der Waals surface area contributed by atoms with Gasteiger partial charge >= 0.3 is 0 Å². The molecule has 0 radical (unpaired) electrons. The van der Waals surface area contributed by atoms with Crippen molar-refractivity contribution in [2.75, 3.05) is 19.7 Å². The third kappa shape index (κ3) is 4.18. The highest BCUT2D eigenvalue weighted by Crippen LogP contribution is 2.16. The summed E-state index contributed by atoms with van der Waals surface area (Å²) in [7, 11) is 0. The van der Waals surface area contributed by atoms with Crippen molar-refractivity contribution in [2.24, 2.45) is 0 Å². The van der Waals surface area contributed by atoms with Crippen molar-refractivity contribution < 1.29 is 5.11 Å². The molecule has 1 aromatic carbocycles. The van der Waals surface area contributed by atoms with E-state index >= 15 is 0 Å². The van der Waals surface area contributed by atoms with Crippen molar-refractivity contribution >= 4 is 0 Å². The van der Waals surface area contributed by atoms with Gasteiger partial charge in [-0.05, 0) is 32.4 Å². The predicted octanol–water partition coefficient (Wildman–Crippen LogP) is 2.56. The van der Waals surface area contributed by atoms with Gasteiger partial charge in [0.05, 0.1) is 18.8 Å². The second-order valence-corrected chi connectivity index (χ2v) is 5.70. The van der Waals surface area contributed by atoms with E-state index in [4.69, 9.17) is 5.11 Å². The average molecular weight is 301 g/mol. The third-order valence-corrected chi connectivity index (χ3v) is 4.23. The molecule has 0 fully saturated rings. The third-order valence-electron chi connectivity index (χ3n) is 4.23. The van der Waals surface area contributed by atoms with Crippen LogP contribution in [0.2, 0.25) is 0 Å². The summed E-state index contributed by atoms with van der Waals surface area (Å²) < 4.78 is 1.91. The highest BCUT2D eigenvalue weighted by molar-refractivity contribution is 5.24. The number of hydrogen-bond donors (Lipinski definition) is 1. The van der Waals surface area contributed by atoms with Crippen LogP contribution in [0.15, 0.2) is 30.3 Å². The molecule has 0 saturated heterocycles. The monoisotopic (exact) mass is 301 g/mol. The lowest BCUT2D eigenvalue weighted by molar-refractivity contribution is 0.266. The van der Waals surface area contributed by atoms with E-state index in [2.05, 4.69) is 61.1 Å². The quantitative estimate of drug-likeness (QED) is 0.815. The van der Waals surface area contributed by atoms with Gasteiger partial charge in [0.25, 0.3) is 0 Å². The minimum atomic E-state index is 0.132. The van der Waals surface area contributed by atoms with Crippen LogP contribution in [0.5, 0.6) is 0 Å². The van der Waals surface area contributed by atoms with Gasteiger partial charge in [-0.25, -0.2) is 0 Å². The fourth-order valence-electron chi connectivity index (χ4n) is 2.78. The van der Waals surface area contributed by atoms with Crippen LogP contribution in [0.4, 0.5) is 0 Å². The van der Waals surface area contributed by atoms with Gasteiger partial charge < -0.3 is 5.11 Å². The molecule has 0 aliphatic heterocycles. The van der Waals surface area contributed by atoms with Gasteiger partial charge in [-0.15, -0.1) is 0 Å². The van der Waals surface area contributed by atoms with Crippen molar-refractivity contribution in [2.45, 2.75) is 40.3 Å². The maximum absolute atomic E-state index is 9.11. The Bertz CT molecular complexity index is 578. The summed E-state index contributed by atoms with van der Waals surface area (Å²) in [5.74, 6) is 0. The molecule has 0 unspecified atom stereocenters. The lowest BCUT2D eigenvalue weighted by Gasteiger charge is -2.20. The molecule has 0 atom stereocenters. The Kier molecular flexibility index (Phi) is 6.16. The van der Waals surface area contributed by atoms with Gasteiger partial charge in [-0.1, -0.05) is 37.3 Å². The van der Waals surface area contributed by atoms with E-state index in [9.17, 15) is 0 Å². The van der Waals surface area contributed by atoms with E-state index < -0.39 is 0 Å². The average Bonchev–Trinajstić information content (AvgIpc) is 2.80. The van der Waals surface area contributed by atoms with Crippen molar-refractivity contribution in [3.05, 3.63) is 52.8 Å². The first kappa shape index (κ1) is 16.7. The zero-order valence-corrected chi connectivity index (χ0v) is 13.9. The smallest absolute Gasteiger partial charge is 0.0644 e. The first-order valence-electron chi connectivity index (χ1n) is 8.05. The molecule has 2 aromatic rings. The van der Waals surface area contributed by atoms with Crippen LogP contribution in [0.25, 0.3) is 0 Å². The number of aromatic nitrogens is 2. The maximum Gasteiger partial charge on any atom is 0.0644 e. The molecule has 1 aromatic heterocycles. The Hall–Kier alpha value is -1.65. The molecule has 0 aliphatic carbocycles. The standard InChI is InChI=1S/C18H27N3O/c1-4-20(11-10-17-8-6-5-7-9-17)14-18-15(2)19-21(12-13-22)16(18)3/h5-9,22H,4,10-14H2,1-3H3. The number of rotatable bonds is 8. The summed E-state index contributed by atoms with van der Waals surface area (Å²) in [6, 6.07) is 10.6. The van der Waals surface area contributed by atoms with Crippen molar-refractivity contribution in [1.82, 2.24) is 14.7 Å². The minimum Gasteiger partial charge on any atom is -0.394 e. The molecule has 2 rings (SSSR count). The van der Waals surface area contributed by atoms with Gasteiger partial charge in [0.15, 0.2) is 0 Å². The SMILES string of the molecule is CCN(CCc1ccccc1)Cc1c(C)nn(CCO)c1C. The molecular weight excluding hydrogens is 274 g/mol. The van der Waals surface area contributed by atoms with Crippen LogP contribution >= 0.6 is 0 Å². The predicted molar refractivity (Wildman–Crippen MR) is 89.9 cm³/mol. The lowest BCUT2D eigenvalue weighted by atomic mass is 10.1. The molecule has 0 bridgehead atoms. The molecule has 22 heavy (non-hydrogen) atoms. The van der Waals surface area contributed by atoms with Gasteiger partial charge in [0, 0.05) is 24.3 Å². The number of nitrogens with zero attached hydrogens (tertiary/aromatic N) is 3. The molecule has 4 nitrogen and oxygen atoms in total. The number of likely N-dealkylation sites (N-methyl/N-ethyl adjacent to an activating group) is 1.